The number of carbonyl (C=O) groups excluding carboxylic acids is 1. The lowest BCUT2D eigenvalue weighted by atomic mass is 10.1. The van der Waals surface area contributed by atoms with Gasteiger partial charge in [0.15, 0.2) is 5.13 Å². The molecule has 0 radical (unpaired) electrons. The molecule has 1 heterocycles. The number of rotatable bonds is 6. The van der Waals surface area contributed by atoms with Gasteiger partial charge in [-0.1, -0.05) is 47.7 Å². The Hall–Kier alpha value is -2.50. The van der Waals surface area contributed by atoms with E-state index < -0.39 is 0 Å². The maximum atomic E-state index is 13.0. The topological polar surface area (TPSA) is 37.6 Å². The molecule has 1 N–H and O–H groups in total. The van der Waals surface area contributed by atoms with Crippen LogP contribution in [0.5, 0.6) is 0 Å². The fraction of sp³-hybridized carbons (Fsp3) is 0.273. The molecule has 1 aromatic heterocycles. The van der Waals surface area contributed by atoms with Crippen LogP contribution < -0.4 is 9.80 Å². The Morgan fingerprint density at radius 3 is 2.63 bits per heavy atom. The third-order valence-electron chi connectivity index (χ3n) is 4.37. The van der Waals surface area contributed by atoms with E-state index in [-0.39, 0.29) is 5.91 Å². The van der Waals surface area contributed by atoms with Gasteiger partial charge in [0.25, 0.3) is 5.91 Å². The highest BCUT2D eigenvalue weighted by molar-refractivity contribution is 7.22. The third-order valence-corrected chi connectivity index (χ3v) is 5.39. The minimum absolute atomic E-state index is 0.0338. The number of anilines is 1. The smallest absolute Gasteiger partial charge is 0.252 e. The molecule has 3 aromatic rings. The van der Waals surface area contributed by atoms with Crippen molar-refractivity contribution in [2.75, 3.05) is 32.1 Å². The van der Waals surface area contributed by atoms with Gasteiger partial charge in [0.05, 0.1) is 37.4 Å². The zero-order valence-electron chi connectivity index (χ0n) is 16.3. The Bertz CT molecular complexity index is 960. The molecule has 27 heavy (non-hydrogen) atoms. The van der Waals surface area contributed by atoms with Crippen LogP contribution in [0.4, 0.5) is 5.13 Å². The number of nitrogens with zero attached hydrogens (tertiary/aromatic N) is 2. The predicted molar refractivity (Wildman–Crippen MR) is 115 cm³/mol. The monoisotopic (exact) mass is 380 g/mol. The van der Waals surface area contributed by atoms with Gasteiger partial charge in [0.2, 0.25) is 0 Å². The van der Waals surface area contributed by atoms with E-state index in [4.69, 9.17) is 4.98 Å². The molecule has 0 aliphatic rings. The largest absolute Gasteiger partial charge is 0.338 e. The first-order valence-electron chi connectivity index (χ1n) is 9.15. The summed E-state index contributed by atoms with van der Waals surface area (Å²) >= 11 is 1.59. The van der Waals surface area contributed by atoms with Crippen molar-refractivity contribution in [1.29, 1.82) is 0 Å². The minimum atomic E-state index is -0.0338. The number of fused-ring (bicyclic) bond motifs is 1. The summed E-state index contributed by atoms with van der Waals surface area (Å²) in [4.78, 5) is 20.8. The summed E-state index contributed by atoms with van der Waals surface area (Å²) in [7, 11) is 4.18. The fourth-order valence-electron chi connectivity index (χ4n) is 2.93. The van der Waals surface area contributed by atoms with Crippen LogP contribution in [-0.2, 0) is 4.79 Å². The van der Waals surface area contributed by atoms with Crippen LogP contribution in [0.2, 0.25) is 0 Å². The summed E-state index contributed by atoms with van der Waals surface area (Å²) < 4.78 is 1.13. The van der Waals surface area contributed by atoms with Gasteiger partial charge in [-0.05, 0) is 42.7 Å². The van der Waals surface area contributed by atoms with E-state index in [1.54, 1.807) is 22.3 Å². The molecule has 4 nitrogen and oxygen atoms in total. The van der Waals surface area contributed by atoms with Crippen LogP contribution >= 0.6 is 11.3 Å². The third kappa shape index (κ3) is 4.81. The molecular formula is C22H26N3OS+. The van der Waals surface area contributed by atoms with E-state index in [1.165, 1.54) is 10.5 Å². The Kier molecular flexibility index (Phi) is 6.04. The number of aromatic nitrogens is 1. The van der Waals surface area contributed by atoms with Crippen LogP contribution in [0.3, 0.4) is 0 Å². The molecule has 0 spiro atoms. The lowest BCUT2D eigenvalue weighted by Crippen LogP contribution is -3.06. The molecule has 1 amide bonds. The molecular weight excluding hydrogens is 354 g/mol. The van der Waals surface area contributed by atoms with Gasteiger partial charge < -0.3 is 4.90 Å². The van der Waals surface area contributed by atoms with Crippen LogP contribution in [0.25, 0.3) is 16.3 Å². The first-order chi connectivity index (χ1) is 12.9. The van der Waals surface area contributed by atoms with Crippen LogP contribution in [0.15, 0.2) is 48.5 Å². The normalized spacial score (nSPS) is 11.6. The van der Waals surface area contributed by atoms with Gasteiger partial charge in [-0.25, -0.2) is 4.98 Å². The van der Waals surface area contributed by atoms with Gasteiger partial charge in [0, 0.05) is 6.08 Å². The lowest BCUT2D eigenvalue weighted by molar-refractivity contribution is -0.856. The maximum Gasteiger partial charge on any atom is 0.252 e. The Labute approximate surface area is 164 Å². The summed E-state index contributed by atoms with van der Waals surface area (Å²) in [5.74, 6) is -0.0338. The zero-order valence-corrected chi connectivity index (χ0v) is 17.1. The second-order valence-electron chi connectivity index (χ2n) is 7.12. The SMILES string of the molecule is Cc1cc(C)c2nc(N(CC[NH+](C)C)C(=O)/C=C/c3ccccc3)sc2c1. The second kappa shape index (κ2) is 8.46. The van der Waals surface area contributed by atoms with Crippen molar-refractivity contribution in [3.8, 4) is 0 Å². The number of amides is 1. The first-order valence-corrected chi connectivity index (χ1v) is 9.97. The van der Waals surface area contributed by atoms with Crippen molar-refractivity contribution >= 4 is 38.7 Å². The second-order valence-corrected chi connectivity index (χ2v) is 8.13. The number of nitrogens with one attached hydrogen (secondary N) is 1. The van der Waals surface area contributed by atoms with Crippen molar-refractivity contribution in [1.82, 2.24) is 4.98 Å². The Balaban J connectivity index is 1.92. The molecule has 0 unspecified atom stereocenters. The van der Waals surface area contributed by atoms with Gasteiger partial charge in [-0.3, -0.25) is 9.69 Å². The van der Waals surface area contributed by atoms with E-state index >= 15 is 0 Å². The summed E-state index contributed by atoms with van der Waals surface area (Å²) in [6.07, 6.45) is 3.51. The molecule has 0 fully saturated rings. The molecule has 140 valence electrons. The number of likely N-dealkylation sites (N-methyl/N-ethyl adjacent to an activating group) is 1. The van der Waals surface area contributed by atoms with Crippen molar-refractivity contribution in [3.05, 3.63) is 65.2 Å². The van der Waals surface area contributed by atoms with Crippen LogP contribution in [0, 0.1) is 13.8 Å². The summed E-state index contributed by atoms with van der Waals surface area (Å²) in [6.45, 7) is 5.66. The molecule has 3 rings (SSSR count). The van der Waals surface area contributed by atoms with E-state index in [0.29, 0.717) is 6.54 Å². The Morgan fingerprint density at radius 1 is 1.19 bits per heavy atom. The summed E-state index contributed by atoms with van der Waals surface area (Å²) in [5, 5.41) is 0.766. The van der Waals surface area contributed by atoms with Crippen LogP contribution in [0.1, 0.15) is 16.7 Å². The highest BCUT2D eigenvalue weighted by atomic mass is 32.1. The summed E-state index contributed by atoms with van der Waals surface area (Å²) in [5.41, 5.74) is 4.37. The number of aryl methyl sites for hydroxylation is 2. The van der Waals surface area contributed by atoms with E-state index in [2.05, 4.69) is 40.1 Å². The molecule has 0 saturated carbocycles. The number of hydrogen-bond acceptors (Lipinski definition) is 3. The first kappa shape index (κ1) is 19.3. The van der Waals surface area contributed by atoms with Gasteiger partial charge in [0.1, 0.15) is 0 Å². The number of hydrogen-bond donors (Lipinski definition) is 1. The molecule has 2 aromatic carbocycles. The lowest BCUT2D eigenvalue weighted by Gasteiger charge is -2.19. The van der Waals surface area contributed by atoms with Gasteiger partial charge >= 0.3 is 0 Å². The Morgan fingerprint density at radius 2 is 1.93 bits per heavy atom. The van der Waals surface area contributed by atoms with E-state index in [1.807, 2.05) is 36.4 Å². The molecule has 0 aliphatic carbocycles. The van der Waals surface area contributed by atoms with E-state index in [0.717, 1.165) is 33.0 Å². The number of quaternary nitrogens is 1. The number of benzene rings is 2. The van der Waals surface area contributed by atoms with Crippen molar-refractivity contribution in [3.63, 3.8) is 0 Å². The fourth-order valence-corrected chi connectivity index (χ4v) is 4.10. The molecule has 0 saturated heterocycles. The highest BCUT2D eigenvalue weighted by Gasteiger charge is 2.19. The standard InChI is InChI=1S/C22H25N3OS/c1-16-14-17(2)21-19(15-16)27-22(23-21)25(13-12-24(3)4)20(26)11-10-18-8-6-5-7-9-18/h5-11,14-15H,12-13H2,1-4H3/p+1/b11-10+. The zero-order chi connectivity index (χ0) is 19.4. The average molecular weight is 381 g/mol. The quantitative estimate of drug-likeness (QED) is 0.667. The number of carbonyl (C=O) groups is 1. The van der Waals surface area contributed by atoms with Crippen LogP contribution in [-0.4, -0.2) is 38.1 Å². The molecule has 5 heteroatoms. The van der Waals surface area contributed by atoms with Crippen molar-refractivity contribution in [2.24, 2.45) is 0 Å². The summed E-state index contributed by atoms with van der Waals surface area (Å²) in [6, 6.07) is 14.2. The number of thiazole rings is 1. The highest BCUT2D eigenvalue weighted by Crippen LogP contribution is 2.31. The van der Waals surface area contributed by atoms with Crippen molar-refractivity contribution < 1.29 is 9.69 Å². The van der Waals surface area contributed by atoms with Gasteiger partial charge in [-0.15, -0.1) is 0 Å². The van der Waals surface area contributed by atoms with Crippen molar-refractivity contribution in [2.45, 2.75) is 13.8 Å². The minimum Gasteiger partial charge on any atom is -0.338 e. The molecule has 0 aliphatic heterocycles. The molecule has 0 atom stereocenters. The maximum absolute atomic E-state index is 13.0. The predicted octanol–water partition coefficient (Wildman–Crippen LogP) is 3.10. The molecule has 0 bridgehead atoms. The van der Waals surface area contributed by atoms with E-state index in [9.17, 15) is 4.79 Å². The van der Waals surface area contributed by atoms with Gasteiger partial charge in [-0.2, -0.15) is 0 Å². The average Bonchev–Trinajstić information content (AvgIpc) is 3.04.